The third kappa shape index (κ3) is 2.98. The quantitative estimate of drug-likeness (QED) is 0.354. The zero-order chi connectivity index (χ0) is 12.3. The number of hydrogen-bond donors (Lipinski definition) is 3. The SMILES string of the molecule is CNC(NN)C1CCCN1C1CCN(C)CC1. The maximum absolute atomic E-state index is 5.63. The standard InChI is InChI=1S/C12H27N5/c1-14-12(15-13)11-4-3-7-17(11)10-5-8-16(2)9-6-10/h10-12,14-15H,3-9,13H2,1-2H3. The van der Waals surface area contributed by atoms with E-state index in [-0.39, 0.29) is 6.17 Å². The molecule has 2 unspecified atom stereocenters. The van der Waals surface area contributed by atoms with Gasteiger partial charge in [-0.05, 0) is 59.4 Å². The van der Waals surface area contributed by atoms with Crippen LogP contribution in [0.4, 0.5) is 0 Å². The highest BCUT2D eigenvalue weighted by Crippen LogP contribution is 2.26. The van der Waals surface area contributed by atoms with E-state index in [1.54, 1.807) is 0 Å². The Morgan fingerprint density at radius 2 is 1.88 bits per heavy atom. The number of likely N-dealkylation sites (tertiary alicyclic amines) is 2. The van der Waals surface area contributed by atoms with Crippen molar-refractivity contribution in [2.75, 3.05) is 33.7 Å². The van der Waals surface area contributed by atoms with Gasteiger partial charge in [0.15, 0.2) is 0 Å². The molecule has 5 heteroatoms. The van der Waals surface area contributed by atoms with Crippen LogP contribution in [0, 0.1) is 0 Å². The third-order valence-corrected chi connectivity index (χ3v) is 4.37. The van der Waals surface area contributed by atoms with E-state index in [2.05, 4.69) is 27.6 Å². The second-order valence-electron chi connectivity index (χ2n) is 5.41. The molecule has 4 N–H and O–H groups in total. The summed E-state index contributed by atoms with van der Waals surface area (Å²) in [5, 5.41) is 3.28. The van der Waals surface area contributed by atoms with Gasteiger partial charge in [-0.15, -0.1) is 0 Å². The van der Waals surface area contributed by atoms with Gasteiger partial charge in [0.2, 0.25) is 0 Å². The molecule has 2 fully saturated rings. The summed E-state index contributed by atoms with van der Waals surface area (Å²) < 4.78 is 0. The van der Waals surface area contributed by atoms with Gasteiger partial charge in [-0.25, -0.2) is 5.43 Å². The molecule has 0 aromatic carbocycles. The molecule has 2 aliphatic heterocycles. The summed E-state index contributed by atoms with van der Waals surface area (Å²) in [5.41, 5.74) is 2.91. The first kappa shape index (κ1) is 13.2. The minimum atomic E-state index is 0.220. The van der Waals surface area contributed by atoms with Gasteiger partial charge in [0.05, 0.1) is 6.17 Å². The Labute approximate surface area is 105 Å². The molecule has 2 aliphatic rings. The zero-order valence-corrected chi connectivity index (χ0v) is 11.2. The second-order valence-corrected chi connectivity index (χ2v) is 5.41. The number of hydrogen-bond acceptors (Lipinski definition) is 5. The van der Waals surface area contributed by atoms with Gasteiger partial charge >= 0.3 is 0 Å². The Kier molecular flexibility index (Phi) is 4.76. The molecule has 0 aromatic heterocycles. The molecule has 2 rings (SSSR count). The number of likely N-dealkylation sites (N-methyl/N-ethyl adjacent to an activating group) is 1. The molecule has 0 spiro atoms. The van der Waals surface area contributed by atoms with Crippen LogP contribution >= 0.6 is 0 Å². The van der Waals surface area contributed by atoms with Crippen molar-refractivity contribution in [3.8, 4) is 0 Å². The van der Waals surface area contributed by atoms with E-state index >= 15 is 0 Å². The van der Waals surface area contributed by atoms with Crippen LogP contribution in [0.15, 0.2) is 0 Å². The molecule has 0 aromatic rings. The average Bonchev–Trinajstić information content (AvgIpc) is 2.81. The summed E-state index contributed by atoms with van der Waals surface area (Å²) >= 11 is 0. The smallest absolute Gasteiger partial charge is 0.0856 e. The fourth-order valence-corrected chi connectivity index (χ4v) is 3.34. The van der Waals surface area contributed by atoms with Crippen molar-refractivity contribution in [3.05, 3.63) is 0 Å². The van der Waals surface area contributed by atoms with E-state index in [1.165, 1.54) is 45.3 Å². The van der Waals surface area contributed by atoms with E-state index in [0.29, 0.717) is 6.04 Å². The van der Waals surface area contributed by atoms with Crippen LogP contribution in [-0.4, -0.2) is 61.8 Å². The lowest BCUT2D eigenvalue weighted by atomic mass is 10.0. The van der Waals surface area contributed by atoms with Crippen LogP contribution in [-0.2, 0) is 0 Å². The first-order valence-electron chi connectivity index (χ1n) is 6.84. The summed E-state index contributed by atoms with van der Waals surface area (Å²) in [6.07, 6.45) is 5.37. The summed E-state index contributed by atoms with van der Waals surface area (Å²) in [7, 11) is 4.20. The number of nitrogens with two attached hydrogens (primary N) is 1. The van der Waals surface area contributed by atoms with E-state index in [0.717, 1.165) is 6.04 Å². The highest BCUT2D eigenvalue weighted by molar-refractivity contribution is 4.92. The van der Waals surface area contributed by atoms with Gasteiger partial charge in [0.1, 0.15) is 0 Å². The monoisotopic (exact) mass is 241 g/mol. The lowest BCUT2D eigenvalue weighted by Gasteiger charge is -2.40. The molecule has 0 aliphatic carbocycles. The van der Waals surface area contributed by atoms with Gasteiger partial charge in [-0.1, -0.05) is 0 Å². The van der Waals surface area contributed by atoms with Gasteiger partial charge in [0.25, 0.3) is 0 Å². The molecular formula is C12H27N5. The number of piperidine rings is 1. The van der Waals surface area contributed by atoms with Crippen molar-refractivity contribution < 1.29 is 0 Å². The Morgan fingerprint density at radius 3 is 2.47 bits per heavy atom. The number of rotatable bonds is 4. The molecule has 2 atom stereocenters. The van der Waals surface area contributed by atoms with E-state index in [4.69, 9.17) is 5.84 Å². The van der Waals surface area contributed by atoms with Gasteiger partial charge in [-0.2, -0.15) is 0 Å². The maximum atomic E-state index is 5.63. The molecule has 2 saturated heterocycles. The molecule has 2 heterocycles. The number of hydrazine groups is 1. The van der Waals surface area contributed by atoms with Gasteiger partial charge in [-0.3, -0.25) is 10.7 Å². The summed E-state index contributed by atoms with van der Waals surface area (Å²) in [4.78, 5) is 5.10. The molecule has 0 radical (unpaired) electrons. The molecule has 0 amide bonds. The zero-order valence-electron chi connectivity index (χ0n) is 11.2. The Bertz CT molecular complexity index is 223. The molecule has 5 nitrogen and oxygen atoms in total. The molecule has 0 bridgehead atoms. The Hall–Kier alpha value is -0.200. The van der Waals surface area contributed by atoms with Crippen LogP contribution in [0.2, 0.25) is 0 Å². The van der Waals surface area contributed by atoms with E-state index < -0.39 is 0 Å². The first-order valence-corrected chi connectivity index (χ1v) is 6.84. The normalized spacial score (nSPS) is 30.9. The number of nitrogens with one attached hydrogen (secondary N) is 2. The predicted octanol–water partition coefficient (Wildman–Crippen LogP) is -0.446. The van der Waals surface area contributed by atoms with Gasteiger partial charge < -0.3 is 10.2 Å². The average molecular weight is 241 g/mol. The van der Waals surface area contributed by atoms with Gasteiger partial charge in [0, 0.05) is 12.1 Å². The fraction of sp³-hybridized carbons (Fsp3) is 1.00. The number of nitrogens with zero attached hydrogens (tertiary/aromatic N) is 2. The largest absolute Gasteiger partial charge is 0.306 e. The van der Waals surface area contributed by atoms with E-state index in [9.17, 15) is 0 Å². The lowest BCUT2D eigenvalue weighted by molar-refractivity contribution is 0.0879. The Morgan fingerprint density at radius 1 is 1.18 bits per heavy atom. The van der Waals surface area contributed by atoms with Crippen molar-refractivity contribution >= 4 is 0 Å². The minimum Gasteiger partial charge on any atom is -0.306 e. The predicted molar refractivity (Wildman–Crippen MR) is 70.4 cm³/mol. The lowest BCUT2D eigenvalue weighted by Crippen LogP contribution is -2.59. The van der Waals surface area contributed by atoms with Crippen LogP contribution in [0.25, 0.3) is 0 Å². The van der Waals surface area contributed by atoms with Crippen molar-refractivity contribution in [1.29, 1.82) is 0 Å². The maximum Gasteiger partial charge on any atom is 0.0856 e. The fourth-order valence-electron chi connectivity index (χ4n) is 3.34. The third-order valence-electron chi connectivity index (χ3n) is 4.37. The van der Waals surface area contributed by atoms with Crippen molar-refractivity contribution in [1.82, 2.24) is 20.5 Å². The van der Waals surface area contributed by atoms with Crippen molar-refractivity contribution in [3.63, 3.8) is 0 Å². The van der Waals surface area contributed by atoms with Crippen molar-refractivity contribution in [2.24, 2.45) is 5.84 Å². The highest BCUT2D eigenvalue weighted by atomic mass is 15.4. The second kappa shape index (κ2) is 6.11. The van der Waals surface area contributed by atoms with Crippen LogP contribution in [0.5, 0.6) is 0 Å². The summed E-state index contributed by atoms with van der Waals surface area (Å²) in [6, 6.07) is 1.31. The molecule has 17 heavy (non-hydrogen) atoms. The van der Waals surface area contributed by atoms with E-state index in [1.807, 2.05) is 7.05 Å². The van der Waals surface area contributed by atoms with Crippen LogP contribution < -0.4 is 16.6 Å². The molecular weight excluding hydrogens is 214 g/mol. The Balaban J connectivity index is 1.94. The molecule has 0 saturated carbocycles. The minimum absolute atomic E-state index is 0.220. The van der Waals surface area contributed by atoms with Crippen LogP contribution in [0.3, 0.4) is 0 Å². The highest BCUT2D eigenvalue weighted by Gasteiger charge is 2.35. The van der Waals surface area contributed by atoms with Crippen LogP contribution in [0.1, 0.15) is 25.7 Å². The molecule has 100 valence electrons. The van der Waals surface area contributed by atoms with Crippen molar-refractivity contribution in [2.45, 2.75) is 43.9 Å². The summed E-state index contributed by atoms with van der Waals surface area (Å²) in [6.45, 7) is 3.70. The first-order chi connectivity index (χ1) is 8.26. The summed E-state index contributed by atoms with van der Waals surface area (Å²) in [5.74, 6) is 5.63. The topological polar surface area (TPSA) is 56.6 Å².